The third-order valence-corrected chi connectivity index (χ3v) is 4.21. The molecule has 0 aromatic heterocycles. The van der Waals surface area contributed by atoms with Gasteiger partial charge in [0.15, 0.2) is 0 Å². The number of carbonyl (C=O) groups is 1. The summed E-state index contributed by atoms with van der Waals surface area (Å²) in [5.74, 6) is -0.305. The number of nitrogens with two attached hydrogens (primary N) is 1. The molecule has 1 fully saturated rings. The van der Waals surface area contributed by atoms with Crippen LogP contribution in [-0.4, -0.2) is 26.9 Å². The molecule has 104 valence electrons. The van der Waals surface area contributed by atoms with Gasteiger partial charge in [0.1, 0.15) is 0 Å². The second-order valence-electron chi connectivity index (χ2n) is 4.52. The first kappa shape index (κ1) is 14.0. The molecule has 1 aromatic rings. The van der Waals surface area contributed by atoms with E-state index in [1.165, 1.54) is 12.1 Å². The van der Waals surface area contributed by atoms with Gasteiger partial charge < -0.3 is 11.1 Å². The van der Waals surface area contributed by atoms with E-state index < -0.39 is 10.0 Å². The van der Waals surface area contributed by atoms with E-state index in [1.54, 1.807) is 12.1 Å². The summed E-state index contributed by atoms with van der Waals surface area (Å²) in [6.45, 7) is 0.0250. The molecule has 6 nitrogen and oxygen atoms in total. The fourth-order valence-corrected chi connectivity index (χ4v) is 2.64. The van der Waals surface area contributed by atoms with Crippen LogP contribution in [-0.2, 0) is 21.4 Å². The van der Waals surface area contributed by atoms with Crippen LogP contribution in [0.1, 0.15) is 18.4 Å². The summed E-state index contributed by atoms with van der Waals surface area (Å²) in [6.07, 6.45) is 1.94. The van der Waals surface area contributed by atoms with Gasteiger partial charge in [0.05, 0.1) is 11.4 Å². The molecule has 19 heavy (non-hydrogen) atoms. The standard InChI is InChI=1S/C12H17N3O3S/c13-7-9-2-1-3-11(6-9)19(17,18)14-8-12(16)15-10-4-5-10/h1-3,6,10,14H,4-5,7-8,13H2,(H,15,16). The van der Waals surface area contributed by atoms with Crippen molar-refractivity contribution in [3.05, 3.63) is 29.8 Å². The highest BCUT2D eigenvalue weighted by Crippen LogP contribution is 2.18. The highest BCUT2D eigenvalue weighted by molar-refractivity contribution is 7.89. The molecule has 0 bridgehead atoms. The summed E-state index contributed by atoms with van der Waals surface area (Å²) >= 11 is 0. The van der Waals surface area contributed by atoms with E-state index >= 15 is 0 Å². The smallest absolute Gasteiger partial charge is 0.241 e. The van der Waals surface area contributed by atoms with Crippen molar-refractivity contribution in [2.45, 2.75) is 30.3 Å². The molecule has 0 aliphatic heterocycles. The Kier molecular flexibility index (Phi) is 4.18. The molecule has 4 N–H and O–H groups in total. The monoisotopic (exact) mass is 283 g/mol. The van der Waals surface area contributed by atoms with Crippen LogP contribution in [0.3, 0.4) is 0 Å². The Morgan fingerprint density at radius 1 is 1.37 bits per heavy atom. The minimum Gasteiger partial charge on any atom is -0.352 e. The van der Waals surface area contributed by atoms with E-state index in [9.17, 15) is 13.2 Å². The van der Waals surface area contributed by atoms with Gasteiger partial charge in [-0.1, -0.05) is 12.1 Å². The fraction of sp³-hybridized carbons (Fsp3) is 0.417. The quantitative estimate of drug-likeness (QED) is 0.667. The van der Waals surface area contributed by atoms with Gasteiger partial charge in [0, 0.05) is 12.6 Å². The molecule has 0 unspecified atom stereocenters. The highest BCUT2D eigenvalue weighted by Gasteiger charge is 2.24. The predicted octanol–water partition coefficient (Wildman–Crippen LogP) is -0.298. The largest absolute Gasteiger partial charge is 0.352 e. The Morgan fingerprint density at radius 2 is 2.11 bits per heavy atom. The molecule has 0 heterocycles. The first-order valence-electron chi connectivity index (χ1n) is 6.09. The molecule has 7 heteroatoms. The van der Waals surface area contributed by atoms with Crippen molar-refractivity contribution in [1.29, 1.82) is 0 Å². The van der Waals surface area contributed by atoms with Gasteiger partial charge in [-0.15, -0.1) is 0 Å². The van der Waals surface area contributed by atoms with Crippen LogP contribution in [0.2, 0.25) is 0 Å². The van der Waals surface area contributed by atoms with Gasteiger partial charge in [-0.05, 0) is 30.5 Å². The van der Waals surface area contributed by atoms with E-state index in [0.29, 0.717) is 0 Å². The summed E-state index contributed by atoms with van der Waals surface area (Å²) in [6, 6.07) is 6.57. The molecule has 1 saturated carbocycles. The fourth-order valence-electron chi connectivity index (χ4n) is 1.59. The van der Waals surface area contributed by atoms with Gasteiger partial charge in [-0.3, -0.25) is 4.79 Å². The molecule has 0 spiro atoms. The van der Waals surface area contributed by atoms with Crippen LogP contribution in [0.15, 0.2) is 29.2 Å². The summed E-state index contributed by atoms with van der Waals surface area (Å²) in [5.41, 5.74) is 6.19. The van der Waals surface area contributed by atoms with Crippen molar-refractivity contribution in [3.8, 4) is 0 Å². The van der Waals surface area contributed by atoms with Gasteiger partial charge in [-0.2, -0.15) is 0 Å². The van der Waals surface area contributed by atoms with Crippen molar-refractivity contribution >= 4 is 15.9 Å². The van der Waals surface area contributed by atoms with Crippen LogP contribution in [0, 0.1) is 0 Å². The molecule has 1 aliphatic rings. The second-order valence-corrected chi connectivity index (χ2v) is 6.28. The average Bonchev–Trinajstić information content (AvgIpc) is 3.20. The number of rotatable bonds is 6. The van der Waals surface area contributed by atoms with Gasteiger partial charge >= 0.3 is 0 Å². The minimum atomic E-state index is -3.67. The van der Waals surface area contributed by atoms with Crippen molar-refractivity contribution in [2.75, 3.05) is 6.54 Å². The number of amides is 1. The maximum atomic E-state index is 12.0. The molecule has 0 radical (unpaired) electrons. The topological polar surface area (TPSA) is 101 Å². The van der Waals surface area contributed by atoms with Crippen LogP contribution in [0.5, 0.6) is 0 Å². The normalized spacial score (nSPS) is 15.2. The van der Waals surface area contributed by atoms with Gasteiger partial charge in [0.2, 0.25) is 15.9 Å². The lowest BCUT2D eigenvalue weighted by atomic mass is 10.2. The average molecular weight is 283 g/mol. The van der Waals surface area contributed by atoms with Crippen molar-refractivity contribution < 1.29 is 13.2 Å². The van der Waals surface area contributed by atoms with Crippen molar-refractivity contribution in [1.82, 2.24) is 10.0 Å². The van der Waals surface area contributed by atoms with Crippen LogP contribution < -0.4 is 15.8 Å². The number of nitrogens with one attached hydrogen (secondary N) is 2. The Labute approximate surface area is 112 Å². The predicted molar refractivity (Wildman–Crippen MR) is 70.7 cm³/mol. The van der Waals surface area contributed by atoms with E-state index in [4.69, 9.17) is 5.73 Å². The maximum Gasteiger partial charge on any atom is 0.241 e. The lowest BCUT2D eigenvalue weighted by molar-refractivity contribution is -0.120. The van der Waals surface area contributed by atoms with Crippen molar-refractivity contribution in [2.24, 2.45) is 5.73 Å². The zero-order valence-corrected chi connectivity index (χ0v) is 11.2. The molecule has 1 aliphatic carbocycles. The Balaban J connectivity index is 1.98. The van der Waals surface area contributed by atoms with E-state index in [1.807, 2.05) is 0 Å². The van der Waals surface area contributed by atoms with E-state index in [-0.39, 0.29) is 29.9 Å². The summed E-state index contributed by atoms with van der Waals surface area (Å²) in [7, 11) is -3.67. The highest BCUT2D eigenvalue weighted by atomic mass is 32.2. The van der Waals surface area contributed by atoms with Crippen LogP contribution in [0.4, 0.5) is 0 Å². The molecular weight excluding hydrogens is 266 g/mol. The second kappa shape index (κ2) is 5.68. The third kappa shape index (κ3) is 4.02. The lowest BCUT2D eigenvalue weighted by Crippen LogP contribution is -2.37. The molecular formula is C12H17N3O3S. The van der Waals surface area contributed by atoms with Crippen molar-refractivity contribution in [3.63, 3.8) is 0 Å². The van der Waals surface area contributed by atoms with Crippen LogP contribution in [0.25, 0.3) is 0 Å². The summed E-state index contributed by atoms with van der Waals surface area (Å²) in [5, 5.41) is 2.71. The SMILES string of the molecule is NCc1cccc(S(=O)(=O)NCC(=O)NC2CC2)c1. The molecule has 0 atom stereocenters. The number of sulfonamides is 1. The van der Waals surface area contributed by atoms with E-state index in [0.717, 1.165) is 18.4 Å². The Morgan fingerprint density at radius 3 is 2.74 bits per heavy atom. The molecule has 1 aromatic carbocycles. The Bertz CT molecular complexity index is 567. The number of benzene rings is 1. The zero-order chi connectivity index (χ0) is 13.9. The van der Waals surface area contributed by atoms with Crippen LogP contribution >= 0.6 is 0 Å². The number of carbonyl (C=O) groups excluding carboxylic acids is 1. The van der Waals surface area contributed by atoms with E-state index in [2.05, 4.69) is 10.0 Å². The summed E-state index contributed by atoms with van der Waals surface area (Å²) in [4.78, 5) is 11.6. The zero-order valence-electron chi connectivity index (χ0n) is 10.4. The molecule has 2 rings (SSSR count). The minimum absolute atomic E-state index is 0.120. The Hall–Kier alpha value is -1.44. The summed E-state index contributed by atoms with van der Waals surface area (Å²) < 4.78 is 26.2. The lowest BCUT2D eigenvalue weighted by Gasteiger charge is -2.08. The number of hydrogen-bond donors (Lipinski definition) is 3. The first-order valence-corrected chi connectivity index (χ1v) is 7.57. The third-order valence-electron chi connectivity index (χ3n) is 2.81. The van der Waals surface area contributed by atoms with Gasteiger partial charge in [-0.25, -0.2) is 13.1 Å². The number of hydrogen-bond acceptors (Lipinski definition) is 4. The molecule has 1 amide bonds. The maximum absolute atomic E-state index is 12.0. The van der Waals surface area contributed by atoms with Gasteiger partial charge in [0.25, 0.3) is 0 Å². The molecule has 0 saturated heterocycles. The first-order chi connectivity index (χ1) is 9.01.